The Balaban J connectivity index is 1.79. The number of para-hydroxylation sites is 1. The number of likely N-dealkylation sites (tertiary alicyclic amines) is 1. The number of carbonyl (C=O) groups is 1. The Morgan fingerprint density at radius 1 is 1.31 bits per heavy atom. The zero-order valence-electron chi connectivity index (χ0n) is 20.5. The number of nitrogens with zero attached hydrogens (tertiary/aromatic N) is 4. The normalized spacial score (nSPS) is 16.2. The molecule has 0 unspecified atom stereocenters. The van der Waals surface area contributed by atoms with Crippen molar-refractivity contribution in [1.82, 2.24) is 14.9 Å². The van der Waals surface area contributed by atoms with Gasteiger partial charge in [-0.3, -0.25) is 9.79 Å². The average Bonchev–Trinajstić information content (AvgIpc) is 2.88. The van der Waals surface area contributed by atoms with Crippen molar-refractivity contribution in [3.05, 3.63) is 51.9 Å². The van der Waals surface area contributed by atoms with Crippen LogP contribution in [0.1, 0.15) is 30.1 Å². The number of hydrogen-bond acceptors (Lipinski definition) is 9. The molecule has 4 N–H and O–H groups in total. The molecule has 2 aromatic rings. The lowest BCUT2D eigenvalue weighted by Gasteiger charge is -2.26. The molecule has 12 heteroatoms. The molecule has 3 rings (SSSR count). The number of ether oxygens (including phenoxy) is 2. The summed E-state index contributed by atoms with van der Waals surface area (Å²) < 4.78 is 11.0. The second kappa shape index (κ2) is 13.4. The highest BCUT2D eigenvalue weighted by atomic mass is 35.5. The zero-order valence-corrected chi connectivity index (χ0v) is 22.0. The van der Waals surface area contributed by atoms with E-state index >= 15 is 0 Å². The second-order valence-corrected chi connectivity index (χ2v) is 9.19. The largest absolute Gasteiger partial charge is 0.474 e. The van der Waals surface area contributed by atoms with Crippen LogP contribution in [0.4, 0.5) is 11.6 Å². The number of piperidine rings is 1. The molecule has 0 aliphatic carbocycles. The van der Waals surface area contributed by atoms with E-state index in [4.69, 9.17) is 38.4 Å². The number of benzene rings is 1. The lowest BCUT2D eigenvalue weighted by Crippen LogP contribution is -2.32. The van der Waals surface area contributed by atoms with E-state index in [-0.39, 0.29) is 41.8 Å². The molecule has 2 heterocycles. The van der Waals surface area contributed by atoms with Crippen LogP contribution < -0.4 is 21.1 Å². The first-order chi connectivity index (χ1) is 17.3. The van der Waals surface area contributed by atoms with Crippen LogP contribution in [0.25, 0.3) is 0 Å². The Morgan fingerprint density at radius 3 is 2.64 bits per heavy atom. The molecule has 1 fully saturated rings. The fourth-order valence-corrected chi connectivity index (χ4v) is 3.82. The molecule has 10 nitrogen and oxygen atoms in total. The number of nitrogens with one attached hydrogen (secondary N) is 2. The summed E-state index contributed by atoms with van der Waals surface area (Å²) in [5.41, 5.74) is 6.68. The highest BCUT2D eigenvalue weighted by Gasteiger charge is 2.20. The minimum Gasteiger partial charge on any atom is -0.474 e. The number of methoxy groups -OCH3 is 1. The fraction of sp³-hybridized carbons (Fsp3) is 0.417. The summed E-state index contributed by atoms with van der Waals surface area (Å²) in [5, 5.41) is 6.32. The van der Waals surface area contributed by atoms with Gasteiger partial charge in [0.15, 0.2) is 0 Å². The van der Waals surface area contributed by atoms with Gasteiger partial charge in [0.2, 0.25) is 11.8 Å². The smallest absolute Gasteiger partial charge is 0.262 e. The maximum Gasteiger partial charge on any atom is 0.262 e. The predicted molar refractivity (Wildman–Crippen MR) is 143 cm³/mol. The van der Waals surface area contributed by atoms with Gasteiger partial charge >= 0.3 is 0 Å². The van der Waals surface area contributed by atoms with Crippen LogP contribution in [-0.2, 0) is 4.74 Å². The van der Waals surface area contributed by atoms with Gasteiger partial charge in [0, 0.05) is 25.7 Å². The van der Waals surface area contributed by atoms with Crippen molar-refractivity contribution < 1.29 is 14.3 Å². The average molecular weight is 536 g/mol. The third kappa shape index (κ3) is 7.79. The van der Waals surface area contributed by atoms with Gasteiger partial charge in [0.25, 0.3) is 5.91 Å². The van der Waals surface area contributed by atoms with Crippen molar-refractivity contribution in [3.63, 3.8) is 0 Å². The predicted octanol–water partition coefficient (Wildman–Crippen LogP) is 3.83. The van der Waals surface area contributed by atoms with E-state index in [1.54, 1.807) is 31.5 Å². The number of halogens is 2. The van der Waals surface area contributed by atoms with Gasteiger partial charge in [-0.1, -0.05) is 29.3 Å². The van der Waals surface area contributed by atoms with Gasteiger partial charge in [-0.05, 0) is 52.0 Å². The molecule has 1 atom stereocenters. The summed E-state index contributed by atoms with van der Waals surface area (Å²) >= 11 is 12.4. The van der Waals surface area contributed by atoms with E-state index in [1.165, 1.54) is 12.4 Å². The minimum absolute atomic E-state index is 0.0562. The molecule has 1 aromatic heterocycles. The van der Waals surface area contributed by atoms with E-state index in [0.29, 0.717) is 15.7 Å². The third-order valence-electron chi connectivity index (χ3n) is 5.61. The van der Waals surface area contributed by atoms with Gasteiger partial charge in [0.05, 0.1) is 33.6 Å². The highest BCUT2D eigenvalue weighted by Crippen LogP contribution is 2.31. The van der Waals surface area contributed by atoms with Crippen molar-refractivity contribution in [2.75, 3.05) is 44.5 Å². The van der Waals surface area contributed by atoms with Crippen LogP contribution in [0.3, 0.4) is 0 Å². The number of hydrogen-bond donors (Lipinski definition) is 3. The number of carbonyl (C=O) groups excluding carboxylic acids is 1. The maximum absolute atomic E-state index is 13.0. The number of nitrogens with two attached hydrogens (primary N) is 1. The van der Waals surface area contributed by atoms with Gasteiger partial charge < -0.3 is 30.7 Å². The summed E-state index contributed by atoms with van der Waals surface area (Å²) in [6, 6.07) is 5.16. The van der Waals surface area contributed by atoms with Crippen LogP contribution in [0.15, 0.2) is 41.3 Å². The molecule has 0 radical (unpaired) electrons. The quantitative estimate of drug-likeness (QED) is 0.391. The summed E-state index contributed by atoms with van der Waals surface area (Å²) in [7, 11) is 3.67. The first-order valence-corrected chi connectivity index (χ1v) is 12.2. The van der Waals surface area contributed by atoms with Crippen molar-refractivity contribution in [3.8, 4) is 5.88 Å². The molecule has 1 aliphatic heterocycles. The number of aliphatic imine (C=N–C) groups is 1. The molecule has 0 spiro atoms. The Bertz CT molecular complexity index is 1080. The van der Waals surface area contributed by atoms with Crippen molar-refractivity contribution >= 4 is 47.0 Å². The Hall–Kier alpha value is -2.92. The first-order valence-electron chi connectivity index (χ1n) is 11.5. The standard InChI is InChI=1S/C24H31Cl2N7O3/c1-15(35-3)14-36-23-18(22(34)31-21-19(25)5-4-6-20(21)26)13-29-24(32-23)30-17(11-27)12-28-16-7-9-33(2)10-8-16/h4-6,11-13,15-16H,7-10,14,27H2,1-3H3,(H,31,34)(H,29,30,32)/b17-11+,28-12?/t15-/m0/s1. The highest BCUT2D eigenvalue weighted by molar-refractivity contribution is 6.40. The second-order valence-electron chi connectivity index (χ2n) is 8.38. The molecule has 0 saturated carbocycles. The molecular weight excluding hydrogens is 505 g/mol. The monoisotopic (exact) mass is 535 g/mol. The van der Waals surface area contributed by atoms with E-state index in [0.717, 1.165) is 25.9 Å². The zero-order chi connectivity index (χ0) is 26.1. The van der Waals surface area contributed by atoms with E-state index in [1.807, 2.05) is 6.92 Å². The molecule has 1 amide bonds. The van der Waals surface area contributed by atoms with Crippen molar-refractivity contribution in [1.29, 1.82) is 0 Å². The summed E-state index contributed by atoms with van der Waals surface area (Å²) in [6.07, 6.45) is 6.14. The molecular formula is C24H31Cl2N7O3. The van der Waals surface area contributed by atoms with E-state index < -0.39 is 5.91 Å². The lowest BCUT2D eigenvalue weighted by molar-refractivity contribution is 0.0691. The topological polar surface area (TPSA) is 127 Å². The Kier molecular flexibility index (Phi) is 10.3. The molecule has 36 heavy (non-hydrogen) atoms. The van der Waals surface area contributed by atoms with E-state index in [9.17, 15) is 4.79 Å². The summed E-state index contributed by atoms with van der Waals surface area (Å²) in [6.45, 7) is 4.00. The SMILES string of the molecule is CO[C@@H](C)COc1nc(N/C(C=NC2CCN(C)CC2)=C/N)ncc1C(=O)Nc1c(Cl)cccc1Cl. The first kappa shape index (κ1) is 27.7. The van der Waals surface area contributed by atoms with Crippen LogP contribution in [0.5, 0.6) is 5.88 Å². The van der Waals surface area contributed by atoms with Crippen LogP contribution in [0.2, 0.25) is 10.0 Å². The number of anilines is 2. The van der Waals surface area contributed by atoms with Gasteiger partial charge in [-0.25, -0.2) is 4.98 Å². The van der Waals surface area contributed by atoms with Gasteiger partial charge in [-0.15, -0.1) is 0 Å². The van der Waals surface area contributed by atoms with Gasteiger partial charge in [0.1, 0.15) is 12.2 Å². The van der Waals surface area contributed by atoms with Gasteiger partial charge in [-0.2, -0.15) is 4.98 Å². The molecule has 1 aromatic carbocycles. The minimum atomic E-state index is -0.532. The maximum atomic E-state index is 13.0. The number of rotatable bonds is 10. The third-order valence-corrected chi connectivity index (χ3v) is 6.24. The number of allylic oxidation sites excluding steroid dienone is 1. The molecule has 1 aliphatic rings. The number of aromatic nitrogens is 2. The van der Waals surface area contributed by atoms with Crippen molar-refractivity contribution in [2.24, 2.45) is 10.7 Å². The van der Waals surface area contributed by atoms with Crippen LogP contribution in [0, 0.1) is 0 Å². The summed E-state index contributed by atoms with van der Waals surface area (Å²) in [4.78, 5) is 28.6. The molecule has 0 bridgehead atoms. The van der Waals surface area contributed by atoms with Crippen molar-refractivity contribution in [2.45, 2.75) is 31.9 Å². The fourth-order valence-electron chi connectivity index (χ4n) is 3.33. The Morgan fingerprint density at radius 2 is 2.00 bits per heavy atom. The Labute approximate surface area is 220 Å². The molecule has 1 saturated heterocycles. The number of amides is 1. The lowest BCUT2D eigenvalue weighted by atomic mass is 10.1. The van der Waals surface area contributed by atoms with Crippen LogP contribution >= 0.6 is 23.2 Å². The molecule has 194 valence electrons. The van der Waals surface area contributed by atoms with Crippen LogP contribution in [-0.4, -0.2) is 73.0 Å². The van der Waals surface area contributed by atoms with E-state index in [2.05, 4.69) is 37.5 Å². The summed E-state index contributed by atoms with van der Waals surface area (Å²) in [5.74, 6) is -0.287.